The van der Waals surface area contributed by atoms with Gasteiger partial charge >= 0.3 is 12.1 Å². The Labute approximate surface area is 245 Å². The zero-order valence-corrected chi connectivity index (χ0v) is 23.7. The Morgan fingerprint density at radius 1 is 1.09 bits per heavy atom. The Hall–Kier alpha value is -4.94. The number of nitrogens with two attached hydrogens (primary N) is 1. The van der Waals surface area contributed by atoms with Crippen molar-refractivity contribution in [2.75, 3.05) is 18.1 Å². The van der Waals surface area contributed by atoms with Crippen LogP contribution in [0.4, 0.5) is 18.9 Å². The van der Waals surface area contributed by atoms with Gasteiger partial charge in [-0.3, -0.25) is 4.79 Å². The lowest BCUT2D eigenvalue weighted by atomic mass is 10.00. The number of benzene rings is 3. The second-order valence-corrected chi connectivity index (χ2v) is 10.8. The average Bonchev–Trinajstić information content (AvgIpc) is 2.96. The fourth-order valence-corrected chi connectivity index (χ4v) is 5.04. The van der Waals surface area contributed by atoms with Crippen LogP contribution in [0.15, 0.2) is 78.0 Å². The molecule has 15 heteroatoms. The molecule has 0 aliphatic rings. The number of nitrogens with one attached hydrogen (secondary N) is 1. The lowest BCUT2D eigenvalue weighted by molar-refractivity contribution is -0.192. The summed E-state index contributed by atoms with van der Waals surface area (Å²) in [5.41, 5.74) is 9.38. The molecule has 0 aromatic heterocycles. The van der Waals surface area contributed by atoms with E-state index >= 15 is 0 Å². The van der Waals surface area contributed by atoms with Crippen molar-refractivity contribution in [3.05, 3.63) is 89.5 Å². The number of alkyl halides is 3. The number of sulfonamides is 1. The number of nitrogens with zero attached hydrogens (tertiary/aromatic N) is 3. The number of oxime groups is 1. The second kappa shape index (κ2) is 14.8. The number of hydrogen-bond donors (Lipinski definition) is 4. The lowest BCUT2D eigenvalue weighted by Gasteiger charge is -2.28. The van der Waals surface area contributed by atoms with Gasteiger partial charge in [-0.1, -0.05) is 60.6 Å². The number of anilines is 1. The summed E-state index contributed by atoms with van der Waals surface area (Å²) >= 11 is 0. The van der Waals surface area contributed by atoms with E-state index in [-0.39, 0.29) is 18.8 Å². The molecule has 0 heterocycles. The van der Waals surface area contributed by atoms with Crippen LogP contribution in [0.5, 0.6) is 0 Å². The standard InChI is InChI=1S/C26H27N5O4S.C2HF3O2/c1-3-31(36(2,34)35)24(16-18-7-6-9-20(15-18)25(28)30-33)26(32)29-22-13-11-19(12-14-22)23-10-5-4-8-21(23)17-27;3-2(4,5)1(6)7/h4-15,24,33H,3,16H2,1-2H3,(H2,28,30)(H,29,32);(H,6,7). The number of aliphatic carboxylic acids is 1. The van der Waals surface area contributed by atoms with Gasteiger partial charge < -0.3 is 21.4 Å². The van der Waals surface area contributed by atoms with E-state index in [1.54, 1.807) is 67.6 Å². The van der Waals surface area contributed by atoms with Gasteiger partial charge in [-0.25, -0.2) is 13.2 Å². The number of amidine groups is 1. The first-order valence-corrected chi connectivity index (χ1v) is 14.2. The van der Waals surface area contributed by atoms with Crippen LogP contribution in [0, 0.1) is 11.3 Å². The van der Waals surface area contributed by atoms with Crippen LogP contribution in [-0.4, -0.2) is 65.8 Å². The van der Waals surface area contributed by atoms with Crippen molar-refractivity contribution < 1.29 is 41.5 Å². The van der Waals surface area contributed by atoms with Gasteiger partial charge in [-0.05, 0) is 47.4 Å². The van der Waals surface area contributed by atoms with Gasteiger partial charge in [0.1, 0.15) is 6.04 Å². The zero-order valence-electron chi connectivity index (χ0n) is 22.9. The number of nitriles is 1. The Kier molecular flexibility index (Phi) is 11.8. The highest BCUT2D eigenvalue weighted by Gasteiger charge is 2.38. The molecule has 1 atom stereocenters. The average molecular weight is 620 g/mol. The smallest absolute Gasteiger partial charge is 0.475 e. The molecule has 3 aromatic carbocycles. The molecule has 43 heavy (non-hydrogen) atoms. The number of halogens is 3. The molecule has 3 rings (SSSR count). The van der Waals surface area contributed by atoms with Crippen molar-refractivity contribution in [3.63, 3.8) is 0 Å². The van der Waals surface area contributed by atoms with Crippen LogP contribution < -0.4 is 11.1 Å². The van der Waals surface area contributed by atoms with Crippen LogP contribution in [-0.2, 0) is 26.0 Å². The van der Waals surface area contributed by atoms with Crippen molar-refractivity contribution in [3.8, 4) is 17.2 Å². The second-order valence-electron chi connectivity index (χ2n) is 8.90. The van der Waals surface area contributed by atoms with E-state index in [1.807, 2.05) is 12.1 Å². The van der Waals surface area contributed by atoms with Crippen molar-refractivity contribution in [2.24, 2.45) is 10.9 Å². The minimum absolute atomic E-state index is 0.0763. The van der Waals surface area contributed by atoms with Gasteiger partial charge in [0.25, 0.3) is 0 Å². The van der Waals surface area contributed by atoms with Crippen LogP contribution in [0.1, 0.15) is 23.6 Å². The fraction of sp³-hybridized carbons (Fsp3) is 0.214. The highest BCUT2D eigenvalue weighted by Crippen LogP contribution is 2.25. The number of likely N-dealkylation sites (N-methyl/N-ethyl adjacent to an activating group) is 1. The third-order valence-electron chi connectivity index (χ3n) is 5.90. The third kappa shape index (κ3) is 9.83. The molecule has 228 valence electrons. The summed E-state index contributed by atoms with van der Waals surface area (Å²) in [6.07, 6.45) is -3.95. The summed E-state index contributed by atoms with van der Waals surface area (Å²) in [4.78, 5) is 22.2. The van der Waals surface area contributed by atoms with Crippen LogP contribution >= 0.6 is 0 Å². The molecule has 0 fully saturated rings. The molecular weight excluding hydrogens is 591 g/mol. The molecule has 0 aliphatic heterocycles. The SMILES string of the molecule is CCN(C(Cc1cccc(/C(N)=N/O)c1)C(=O)Nc1ccc(-c2ccccc2C#N)cc1)S(C)(=O)=O.O=C(O)C(F)(F)F. The maximum atomic E-state index is 13.3. The molecule has 5 N–H and O–H groups in total. The number of hydrogen-bond acceptors (Lipinski definition) is 7. The minimum atomic E-state index is -5.08. The summed E-state index contributed by atoms with van der Waals surface area (Å²) in [7, 11) is -3.70. The number of carbonyl (C=O) groups is 2. The van der Waals surface area contributed by atoms with E-state index < -0.39 is 34.1 Å². The number of carbonyl (C=O) groups excluding carboxylic acids is 1. The predicted molar refractivity (Wildman–Crippen MR) is 153 cm³/mol. The number of amides is 1. The lowest BCUT2D eigenvalue weighted by Crippen LogP contribution is -2.48. The quantitative estimate of drug-likeness (QED) is 0.121. The predicted octanol–water partition coefficient (Wildman–Crippen LogP) is 3.78. The molecule has 0 saturated heterocycles. The Morgan fingerprint density at radius 3 is 2.21 bits per heavy atom. The molecule has 0 bridgehead atoms. The van der Waals surface area contributed by atoms with Crippen LogP contribution in [0.3, 0.4) is 0 Å². The van der Waals surface area contributed by atoms with E-state index in [2.05, 4.69) is 16.5 Å². The first-order chi connectivity index (χ1) is 20.1. The Morgan fingerprint density at radius 2 is 1.70 bits per heavy atom. The minimum Gasteiger partial charge on any atom is -0.475 e. The van der Waals surface area contributed by atoms with E-state index in [0.29, 0.717) is 22.4 Å². The molecule has 3 aromatic rings. The van der Waals surface area contributed by atoms with Gasteiger partial charge in [0.15, 0.2) is 5.84 Å². The third-order valence-corrected chi connectivity index (χ3v) is 7.27. The highest BCUT2D eigenvalue weighted by atomic mass is 32.2. The highest BCUT2D eigenvalue weighted by molar-refractivity contribution is 7.88. The van der Waals surface area contributed by atoms with Gasteiger partial charge in [-0.15, -0.1) is 0 Å². The number of carboxylic acids is 1. The number of carboxylic acid groups (broad SMARTS) is 1. The van der Waals surface area contributed by atoms with E-state index in [4.69, 9.17) is 20.8 Å². The largest absolute Gasteiger partial charge is 0.490 e. The van der Waals surface area contributed by atoms with Crippen molar-refractivity contribution >= 4 is 33.4 Å². The number of rotatable bonds is 9. The summed E-state index contributed by atoms with van der Waals surface area (Å²) in [6.45, 7) is 1.76. The first-order valence-electron chi connectivity index (χ1n) is 12.4. The van der Waals surface area contributed by atoms with Gasteiger partial charge in [-0.2, -0.15) is 22.7 Å². The summed E-state index contributed by atoms with van der Waals surface area (Å²) in [5.74, 6) is -3.35. The van der Waals surface area contributed by atoms with Crippen molar-refractivity contribution in [1.82, 2.24) is 4.31 Å². The molecule has 0 spiro atoms. The van der Waals surface area contributed by atoms with Crippen LogP contribution in [0.2, 0.25) is 0 Å². The summed E-state index contributed by atoms with van der Waals surface area (Å²) < 4.78 is 57.8. The maximum absolute atomic E-state index is 13.3. The molecule has 1 amide bonds. The summed E-state index contributed by atoms with van der Waals surface area (Å²) in [5, 5.41) is 31.2. The van der Waals surface area contributed by atoms with E-state index in [0.717, 1.165) is 21.7 Å². The Bertz CT molecular complexity index is 1620. The molecule has 11 nitrogen and oxygen atoms in total. The maximum Gasteiger partial charge on any atom is 0.490 e. The van der Waals surface area contributed by atoms with Gasteiger partial charge in [0.05, 0.1) is 17.9 Å². The van der Waals surface area contributed by atoms with E-state index in [9.17, 15) is 31.6 Å². The van der Waals surface area contributed by atoms with Gasteiger partial charge in [0.2, 0.25) is 15.9 Å². The first kappa shape index (κ1) is 34.3. The monoisotopic (exact) mass is 619 g/mol. The molecular formula is C28H28F3N5O6S. The zero-order chi connectivity index (χ0) is 32.4. The topological polar surface area (TPSA) is 186 Å². The fourth-order valence-electron chi connectivity index (χ4n) is 3.94. The molecule has 0 radical (unpaired) electrons. The molecule has 1 unspecified atom stereocenters. The normalized spacial score (nSPS) is 12.4. The van der Waals surface area contributed by atoms with E-state index in [1.165, 1.54) is 0 Å². The van der Waals surface area contributed by atoms with Crippen molar-refractivity contribution in [2.45, 2.75) is 25.6 Å². The van der Waals surface area contributed by atoms with Crippen LogP contribution in [0.25, 0.3) is 11.1 Å². The Balaban J connectivity index is 0.000000821. The molecule has 0 saturated carbocycles. The summed E-state index contributed by atoms with van der Waals surface area (Å²) in [6, 6.07) is 22.0. The van der Waals surface area contributed by atoms with Crippen molar-refractivity contribution in [1.29, 1.82) is 5.26 Å². The molecule has 0 aliphatic carbocycles. The van der Waals surface area contributed by atoms with Gasteiger partial charge in [0, 0.05) is 17.8 Å².